The summed E-state index contributed by atoms with van der Waals surface area (Å²) in [6.07, 6.45) is 0.525. The zero-order valence-electron chi connectivity index (χ0n) is 9.66. The molecule has 2 amide bonds. The van der Waals surface area contributed by atoms with Crippen LogP contribution in [0.3, 0.4) is 0 Å². The van der Waals surface area contributed by atoms with Gasteiger partial charge in [0, 0.05) is 6.42 Å². The topological polar surface area (TPSA) is 75.6 Å². The van der Waals surface area contributed by atoms with E-state index in [2.05, 4.69) is 5.32 Å². The van der Waals surface area contributed by atoms with Crippen LogP contribution in [0.1, 0.15) is 34.1 Å². The van der Waals surface area contributed by atoms with Gasteiger partial charge in [-0.05, 0) is 19.3 Å². The van der Waals surface area contributed by atoms with Gasteiger partial charge in [-0.15, -0.1) is 0 Å². The smallest absolute Gasteiger partial charge is 0.226 e. The van der Waals surface area contributed by atoms with Crippen LogP contribution in [-0.4, -0.2) is 29.8 Å². The lowest BCUT2D eigenvalue weighted by Crippen LogP contribution is -2.34. The highest BCUT2D eigenvalue weighted by molar-refractivity contribution is 5.86. The van der Waals surface area contributed by atoms with Crippen molar-refractivity contribution in [2.24, 2.45) is 5.41 Å². The maximum atomic E-state index is 11.1. The Bertz CT molecular complexity index is 230. The lowest BCUT2D eigenvalue weighted by molar-refractivity contribution is -0.192. The molecule has 0 rings (SSSR count). The highest BCUT2D eigenvalue weighted by Gasteiger charge is 2.25. The molecule has 0 aliphatic heterocycles. The summed E-state index contributed by atoms with van der Waals surface area (Å²) in [6.45, 7) is 6.93. The van der Waals surface area contributed by atoms with E-state index >= 15 is 0 Å². The van der Waals surface area contributed by atoms with Crippen molar-refractivity contribution in [1.82, 2.24) is 5.32 Å². The second-order valence-electron chi connectivity index (χ2n) is 4.76. The van der Waals surface area contributed by atoms with Crippen molar-refractivity contribution in [3.05, 3.63) is 0 Å². The fraction of sp³-hybridized carbons (Fsp3) is 0.800. The van der Waals surface area contributed by atoms with E-state index in [1.165, 1.54) is 13.8 Å². The summed E-state index contributed by atoms with van der Waals surface area (Å²) in [5.41, 5.74) is -0.424. The zero-order chi connectivity index (χ0) is 12.1. The van der Waals surface area contributed by atoms with Gasteiger partial charge in [-0.2, -0.15) is 0 Å². The molecule has 0 aliphatic rings. The molecule has 0 radical (unpaired) electrons. The Balaban J connectivity index is 4.07. The first kappa shape index (κ1) is 14.1. The van der Waals surface area contributed by atoms with Crippen LogP contribution in [0.5, 0.6) is 0 Å². The average Bonchev–Trinajstić information content (AvgIpc) is 1.99. The summed E-state index contributed by atoms with van der Waals surface area (Å²) in [6, 6.07) is 0. The van der Waals surface area contributed by atoms with Crippen LogP contribution in [0.4, 0.5) is 0 Å². The second-order valence-corrected chi connectivity index (χ2v) is 4.76. The van der Waals surface area contributed by atoms with Crippen LogP contribution >= 0.6 is 0 Å². The Hall–Kier alpha value is -0.940. The number of ether oxygens (including phenoxy) is 1. The Morgan fingerprint density at radius 2 is 1.93 bits per heavy atom. The van der Waals surface area contributed by atoms with Gasteiger partial charge in [-0.3, -0.25) is 14.9 Å². The molecule has 5 heteroatoms. The van der Waals surface area contributed by atoms with Crippen LogP contribution in [0, 0.1) is 5.41 Å². The Morgan fingerprint density at radius 3 is 2.33 bits per heavy atom. The lowest BCUT2D eigenvalue weighted by atomic mass is 9.90. The number of aliphatic hydroxyl groups is 1. The third-order valence-corrected chi connectivity index (χ3v) is 1.68. The number of rotatable bonds is 6. The predicted octanol–water partition coefficient (Wildman–Crippen LogP) is 0.420. The highest BCUT2D eigenvalue weighted by Crippen LogP contribution is 2.22. The monoisotopic (exact) mass is 217 g/mol. The van der Waals surface area contributed by atoms with Crippen molar-refractivity contribution in [3.63, 3.8) is 0 Å². The van der Waals surface area contributed by atoms with Crippen LogP contribution < -0.4 is 5.32 Å². The largest absolute Gasteiger partial charge is 0.366 e. The minimum Gasteiger partial charge on any atom is -0.366 e. The molecule has 0 heterocycles. The molecule has 0 fully saturated rings. The van der Waals surface area contributed by atoms with Crippen LogP contribution in [0.25, 0.3) is 0 Å². The van der Waals surface area contributed by atoms with Crippen molar-refractivity contribution < 1.29 is 19.4 Å². The number of carbonyl (C=O) groups excluding carboxylic acids is 2. The van der Waals surface area contributed by atoms with Crippen molar-refractivity contribution in [1.29, 1.82) is 0 Å². The maximum Gasteiger partial charge on any atom is 0.226 e. The third-order valence-electron chi connectivity index (χ3n) is 1.68. The SMILES string of the molecule is CC(C)(COC(C)(C)O)CC(=O)NC=O. The molecule has 0 aromatic carbocycles. The van der Waals surface area contributed by atoms with Gasteiger partial charge >= 0.3 is 0 Å². The van der Waals surface area contributed by atoms with Crippen molar-refractivity contribution >= 4 is 12.3 Å². The summed E-state index contributed by atoms with van der Waals surface area (Å²) < 4.78 is 5.16. The number of hydrogen-bond acceptors (Lipinski definition) is 4. The van der Waals surface area contributed by atoms with Gasteiger partial charge in [0.15, 0.2) is 5.79 Å². The molecule has 5 nitrogen and oxygen atoms in total. The van der Waals surface area contributed by atoms with E-state index in [1.807, 2.05) is 13.8 Å². The second kappa shape index (κ2) is 5.23. The van der Waals surface area contributed by atoms with E-state index in [0.717, 1.165) is 0 Å². The first-order valence-corrected chi connectivity index (χ1v) is 4.76. The zero-order valence-corrected chi connectivity index (χ0v) is 9.66. The maximum absolute atomic E-state index is 11.1. The van der Waals surface area contributed by atoms with E-state index in [4.69, 9.17) is 4.74 Å². The van der Waals surface area contributed by atoms with E-state index in [9.17, 15) is 14.7 Å². The first-order valence-electron chi connectivity index (χ1n) is 4.76. The van der Waals surface area contributed by atoms with Crippen molar-refractivity contribution in [3.8, 4) is 0 Å². The van der Waals surface area contributed by atoms with E-state index in [1.54, 1.807) is 0 Å². The molecule has 15 heavy (non-hydrogen) atoms. The fourth-order valence-corrected chi connectivity index (χ4v) is 0.974. The molecule has 0 saturated heterocycles. The Kier molecular flexibility index (Phi) is 4.90. The van der Waals surface area contributed by atoms with Gasteiger partial charge in [0.25, 0.3) is 0 Å². The van der Waals surface area contributed by atoms with Crippen molar-refractivity contribution in [2.45, 2.75) is 39.9 Å². The van der Waals surface area contributed by atoms with Gasteiger partial charge in [0.05, 0.1) is 6.61 Å². The quantitative estimate of drug-likeness (QED) is 0.499. The Labute approximate surface area is 89.8 Å². The van der Waals surface area contributed by atoms with Gasteiger partial charge in [-0.25, -0.2) is 0 Å². The standard InChI is InChI=1S/C10H19NO4/c1-9(2,5-8(13)11-7-12)6-15-10(3,4)14/h7,14H,5-6H2,1-4H3,(H,11,12,13). The van der Waals surface area contributed by atoms with E-state index in [0.29, 0.717) is 6.41 Å². The van der Waals surface area contributed by atoms with Gasteiger partial charge in [-0.1, -0.05) is 13.8 Å². The van der Waals surface area contributed by atoms with Gasteiger partial charge < -0.3 is 9.84 Å². The molecular formula is C10H19NO4. The molecular weight excluding hydrogens is 198 g/mol. The number of amides is 2. The molecule has 0 aliphatic carbocycles. The lowest BCUT2D eigenvalue weighted by Gasteiger charge is -2.28. The molecule has 0 spiro atoms. The number of imide groups is 1. The van der Waals surface area contributed by atoms with Crippen LogP contribution in [-0.2, 0) is 14.3 Å². The van der Waals surface area contributed by atoms with Gasteiger partial charge in [0.1, 0.15) is 0 Å². The number of nitrogens with one attached hydrogen (secondary N) is 1. The van der Waals surface area contributed by atoms with E-state index in [-0.39, 0.29) is 18.9 Å². The summed E-state index contributed by atoms with van der Waals surface area (Å²) in [5.74, 6) is -1.56. The summed E-state index contributed by atoms with van der Waals surface area (Å²) in [5, 5.41) is 11.4. The van der Waals surface area contributed by atoms with E-state index < -0.39 is 11.2 Å². The highest BCUT2D eigenvalue weighted by atomic mass is 16.6. The molecule has 0 saturated carbocycles. The van der Waals surface area contributed by atoms with Crippen LogP contribution in [0.15, 0.2) is 0 Å². The normalized spacial score (nSPS) is 12.3. The molecule has 2 N–H and O–H groups in total. The minimum absolute atomic E-state index is 0.168. The number of hydrogen-bond donors (Lipinski definition) is 2. The fourth-order valence-electron chi connectivity index (χ4n) is 0.974. The number of carbonyl (C=O) groups is 2. The molecule has 0 bridgehead atoms. The Morgan fingerprint density at radius 1 is 1.40 bits per heavy atom. The third kappa shape index (κ3) is 8.08. The summed E-state index contributed by atoms with van der Waals surface area (Å²) >= 11 is 0. The average molecular weight is 217 g/mol. The molecule has 0 atom stereocenters. The predicted molar refractivity (Wildman–Crippen MR) is 54.9 cm³/mol. The summed E-state index contributed by atoms with van der Waals surface area (Å²) in [4.78, 5) is 21.1. The first-order chi connectivity index (χ1) is 6.66. The van der Waals surface area contributed by atoms with Crippen molar-refractivity contribution in [2.75, 3.05) is 6.61 Å². The molecule has 0 aromatic rings. The summed E-state index contributed by atoms with van der Waals surface area (Å²) in [7, 11) is 0. The molecule has 88 valence electrons. The molecule has 0 unspecified atom stereocenters. The van der Waals surface area contributed by atoms with Gasteiger partial charge in [0.2, 0.25) is 12.3 Å². The minimum atomic E-state index is -1.21. The van der Waals surface area contributed by atoms with Crippen LogP contribution in [0.2, 0.25) is 0 Å². The molecule has 0 aromatic heterocycles.